The van der Waals surface area contributed by atoms with Gasteiger partial charge in [-0.2, -0.15) is 0 Å². The van der Waals surface area contributed by atoms with Crippen molar-refractivity contribution >= 4 is 28.3 Å². The quantitative estimate of drug-likeness (QED) is 0.798. The van der Waals surface area contributed by atoms with Gasteiger partial charge in [0.2, 0.25) is 5.88 Å². The standard InChI is InChI=1S/C14H11ClN4O/c1-16-12-7-13(19-8-18-12)20-11-5-4-10(15)9-3-2-6-17-14(9)11/h2-8H,1H3,(H,16,18,19). The number of pyridine rings is 1. The van der Waals surface area contributed by atoms with Gasteiger partial charge in [-0.3, -0.25) is 4.98 Å². The normalized spacial score (nSPS) is 10.5. The lowest BCUT2D eigenvalue weighted by molar-refractivity contribution is 0.466. The number of rotatable bonds is 3. The van der Waals surface area contributed by atoms with E-state index in [2.05, 4.69) is 20.3 Å². The van der Waals surface area contributed by atoms with Crippen molar-refractivity contribution in [1.29, 1.82) is 0 Å². The highest BCUT2D eigenvalue weighted by atomic mass is 35.5. The fraction of sp³-hybridized carbons (Fsp3) is 0.0714. The number of fused-ring (bicyclic) bond motifs is 1. The summed E-state index contributed by atoms with van der Waals surface area (Å²) in [4.78, 5) is 12.4. The van der Waals surface area contributed by atoms with Crippen LogP contribution in [0.25, 0.3) is 10.9 Å². The lowest BCUT2D eigenvalue weighted by Gasteiger charge is -2.09. The van der Waals surface area contributed by atoms with Crippen molar-refractivity contribution in [2.45, 2.75) is 0 Å². The highest BCUT2D eigenvalue weighted by Gasteiger charge is 2.08. The van der Waals surface area contributed by atoms with Gasteiger partial charge in [-0.15, -0.1) is 0 Å². The van der Waals surface area contributed by atoms with E-state index >= 15 is 0 Å². The van der Waals surface area contributed by atoms with Crippen LogP contribution in [0.1, 0.15) is 0 Å². The summed E-state index contributed by atoms with van der Waals surface area (Å²) in [5, 5.41) is 4.41. The first-order chi connectivity index (χ1) is 9.78. The van der Waals surface area contributed by atoms with Gasteiger partial charge in [0.1, 0.15) is 17.7 Å². The van der Waals surface area contributed by atoms with E-state index in [1.54, 1.807) is 31.4 Å². The highest BCUT2D eigenvalue weighted by Crippen LogP contribution is 2.32. The Bertz CT molecular complexity index is 763. The minimum absolute atomic E-state index is 0.443. The van der Waals surface area contributed by atoms with Crippen LogP contribution in [0.4, 0.5) is 5.82 Å². The third kappa shape index (κ3) is 2.35. The predicted octanol–water partition coefficient (Wildman–Crippen LogP) is 3.51. The molecule has 100 valence electrons. The van der Waals surface area contributed by atoms with Crippen LogP contribution in [-0.2, 0) is 0 Å². The fourth-order valence-corrected chi connectivity index (χ4v) is 2.05. The van der Waals surface area contributed by atoms with Gasteiger partial charge in [0.05, 0.1) is 5.02 Å². The molecule has 1 aromatic carbocycles. The molecule has 0 saturated heterocycles. The van der Waals surface area contributed by atoms with Gasteiger partial charge in [0, 0.05) is 24.7 Å². The van der Waals surface area contributed by atoms with Crippen molar-refractivity contribution in [1.82, 2.24) is 15.0 Å². The summed E-state index contributed by atoms with van der Waals surface area (Å²) in [6.07, 6.45) is 3.14. The Hall–Kier alpha value is -2.40. The Morgan fingerprint density at radius 1 is 1.15 bits per heavy atom. The van der Waals surface area contributed by atoms with Crippen molar-refractivity contribution in [3.05, 3.63) is 47.9 Å². The average molecular weight is 287 g/mol. The molecular weight excluding hydrogens is 276 g/mol. The van der Waals surface area contributed by atoms with E-state index in [1.807, 2.05) is 12.1 Å². The van der Waals surface area contributed by atoms with Crippen LogP contribution < -0.4 is 10.1 Å². The zero-order valence-electron chi connectivity index (χ0n) is 10.7. The van der Waals surface area contributed by atoms with E-state index in [0.29, 0.717) is 28.0 Å². The summed E-state index contributed by atoms with van der Waals surface area (Å²) in [6.45, 7) is 0. The van der Waals surface area contributed by atoms with Gasteiger partial charge in [-0.05, 0) is 24.3 Å². The van der Waals surface area contributed by atoms with Crippen LogP contribution in [0.5, 0.6) is 11.6 Å². The molecule has 0 saturated carbocycles. The Morgan fingerprint density at radius 2 is 2.05 bits per heavy atom. The van der Waals surface area contributed by atoms with Crippen molar-refractivity contribution < 1.29 is 4.74 Å². The first-order valence-corrected chi connectivity index (χ1v) is 6.36. The predicted molar refractivity (Wildman–Crippen MR) is 78.4 cm³/mol. The molecule has 0 fully saturated rings. The van der Waals surface area contributed by atoms with Crippen LogP contribution in [0.2, 0.25) is 5.02 Å². The molecule has 0 aliphatic rings. The summed E-state index contributed by atoms with van der Waals surface area (Å²) >= 11 is 6.15. The topological polar surface area (TPSA) is 59.9 Å². The van der Waals surface area contributed by atoms with Crippen molar-refractivity contribution in [2.24, 2.45) is 0 Å². The lowest BCUT2D eigenvalue weighted by Crippen LogP contribution is -1.95. The second-order valence-corrected chi connectivity index (χ2v) is 4.45. The summed E-state index contributed by atoms with van der Waals surface area (Å²) in [6, 6.07) is 9.00. The third-order valence-electron chi connectivity index (χ3n) is 2.79. The van der Waals surface area contributed by atoms with Crippen molar-refractivity contribution in [3.63, 3.8) is 0 Å². The smallest absolute Gasteiger partial charge is 0.224 e. The van der Waals surface area contributed by atoms with Crippen LogP contribution in [-0.4, -0.2) is 22.0 Å². The van der Waals surface area contributed by atoms with E-state index in [1.165, 1.54) is 6.33 Å². The first kappa shape index (κ1) is 12.6. The van der Waals surface area contributed by atoms with Crippen molar-refractivity contribution in [3.8, 4) is 11.6 Å². The number of hydrogen-bond donors (Lipinski definition) is 1. The van der Waals surface area contributed by atoms with Crippen LogP contribution >= 0.6 is 11.6 Å². The second-order valence-electron chi connectivity index (χ2n) is 4.04. The number of nitrogens with one attached hydrogen (secondary N) is 1. The number of anilines is 1. The van der Waals surface area contributed by atoms with Gasteiger partial charge < -0.3 is 10.1 Å². The Balaban J connectivity index is 2.04. The number of hydrogen-bond acceptors (Lipinski definition) is 5. The Morgan fingerprint density at radius 3 is 2.90 bits per heavy atom. The van der Waals surface area contributed by atoms with Gasteiger partial charge in [0.25, 0.3) is 0 Å². The largest absolute Gasteiger partial charge is 0.437 e. The molecule has 0 radical (unpaired) electrons. The molecule has 2 heterocycles. The SMILES string of the molecule is CNc1cc(Oc2ccc(Cl)c3cccnc23)ncn1. The van der Waals surface area contributed by atoms with Gasteiger partial charge in [-0.1, -0.05) is 11.6 Å². The van der Waals surface area contributed by atoms with E-state index < -0.39 is 0 Å². The Kier molecular flexibility index (Phi) is 3.35. The molecule has 0 aliphatic carbocycles. The number of nitrogens with zero attached hydrogens (tertiary/aromatic N) is 3. The maximum absolute atomic E-state index is 6.15. The summed E-state index contributed by atoms with van der Waals surface area (Å²) in [7, 11) is 1.78. The molecule has 0 spiro atoms. The zero-order chi connectivity index (χ0) is 13.9. The molecule has 0 bridgehead atoms. The van der Waals surface area contributed by atoms with Gasteiger partial charge >= 0.3 is 0 Å². The lowest BCUT2D eigenvalue weighted by atomic mass is 10.2. The molecule has 5 nitrogen and oxygen atoms in total. The maximum Gasteiger partial charge on any atom is 0.224 e. The van der Waals surface area contributed by atoms with Crippen LogP contribution in [0, 0.1) is 0 Å². The number of aromatic nitrogens is 3. The number of benzene rings is 1. The Labute approximate surface area is 120 Å². The van der Waals surface area contributed by atoms with E-state index in [0.717, 1.165) is 5.39 Å². The zero-order valence-corrected chi connectivity index (χ0v) is 11.4. The van der Waals surface area contributed by atoms with Crippen LogP contribution in [0.15, 0.2) is 42.9 Å². The summed E-state index contributed by atoms with van der Waals surface area (Å²) in [5.74, 6) is 1.73. The number of halogens is 1. The van der Waals surface area contributed by atoms with Crippen molar-refractivity contribution in [2.75, 3.05) is 12.4 Å². The highest BCUT2D eigenvalue weighted by molar-refractivity contribution is 6.35. The molecule has 20 heavy (non-hydrogen) atoms. The molecule has 2 aromatic heterocycles. The number of ether oxygens (including phenoxy) is 1. The molecule has 0 aliphatic heterocycles. The summed E-state index contributed by atoms with van der Waals surface area (Å²) < 4.78 is 5.78. The molecule has 1 N–H and O–H groups in total. The molecule has 0 amide bonds. The first-order valence-electron chi connectivity index (χ1n) is 5.99. The van der Waals surface area contributed by atoms with E-state index in [4.69, 9.17) is 16.3 Å². The minimum Gasteiger partial charge on any atom is -0.437 e. The molecule has 0 atom stereocenters. The van der Waals surface area contributed by atoms with Gasteiger partial charge in [-0.25, -0.2) is 9.97 Å². The second kappa shape index (κ2) is 5.30. The van der Waals surface area contributed by atoms with E-state index in [-0.39, 0.29) is 0 Å². The molecule has 6 heteroatoms. The van der Waals surface area contributed by atoms with E-state index in [9.17, 15) is 0 Å². The summed E-state index contributed by atoms with van der Waals surface area (Å²) in [5.41, 5.74) is 0.699. The third-order valence-corrected chi connectivity index (χ3v) is 3.12. The maximum atomic E-state index is 6.15. The van der Waals surface area contributed by atoms with Gasteiger partial charge in [0.15, 0.2) is 5.75 Å². The fourth-order valence-electron chi connectivity index (χ4n) is 1.84. The molecule has 3 aromatic rings. The molecular formula is C14H11ClN4O. The average Bonchev–Trinajstić information content (AvgIpc) is 2.51. The molecule has 3 rings (SSSR count). The molecule has 0 unspecified atom stereocenters. The van der Waals surface area contributed by atoms with Crippen LogP contribution in [0.3, 0.4) is 0 Å². The monoisotopic (exact) mass is 286 g/mol. The minimum atomic E-state index is 0.443.